The van der Waals surface area contributed by atoms with Gasteiger partial charge in [-0.1, -0.05) is 0 Å². The highest BCUT2D eigenvalue weighted by Crippen LogP contribution is 2.33. The minimum atomic E-state index is -0.499. The van der Waals surface area contributed by atoms with Crippen LogP contribution in [-0.2, 0) is 4.74 Å². The quantitative estimate of drug-likeness (QED) is 0.874. The molecule has 1 aliphatic rings. The number of benzene rings is 1. The van der Waals surface area contributed by atoms with Crippen molar-refractivity contribution < 1.29 is 14.6 Å². The van der Waals surface area contributed by atoms with Gasteiger partial charge in [0.05, 0.1) is 0 Å². The molecule has 0 aromatic heterocycles. The molecule has 4 nitrogen and oxygen atoms in total. The second-order valence-corrected chi connectivity index (χ2v) is 5.60. The zero-order chi connectivity index (χ0) is 13.3. The Balaban J connectivity index is 2.18. The maximum absolute atomic E-state index is 12.2. The molecule has 1 saturated carbocycles. The summed E-state index contributed by atoms with van der Waals surface area (Å²) in [5.41, 5.74) is 0.269. The lowest BCUT2D eigenvalue weighted by Gasteiger charge is -2.27. The molecule has 1 aliphatic carbocycles. The van der Waals surface area contributed by atoms with Crippen LogP contribution in [0, 0.1) is 0 Å². The minimum Gasteiger partial charge on any atom is -0.508 e. The van der Waals surface area contributed by atoms with Gasteiger partial charge in [0.25, 0.3) is 0 Å². The first kappa shape index (κ1) is 12.7. The third kappa shape index (κ3) is 3.15. The van der Waals surface area contributed by atoms with Crippen molar-refractivity contribution in [1.82, 2.24) is 0 Å². The van der Waals surface area contributed by atoms with Gasteiger partial charge in [-0.2, -0.15) is 0 Å². The number of carbonyl (C=O) groups is 1. The van der Waals surface area contributed by atoms with E-state index in [0.29, 0.717) is 0 Å². The van der Waals surface area contributed by atoms with Gasteiger partial charge >= 0.3 is 6.09 Å². The molecule has 1 amide bonds. The fraction of sp³-hybridized carbons (Fsp3) is 0.500. The van der Waals surface area contributed by atoms with E-state index in [-0.39, 0.29) is 17.9 Å². The van der Waals surface area contributed by atoms with Gasteiger partial charge in [0.15, 0.2) is 0 Å². The van der Waals surface area contributed by atoms with Crippen LogP contribution in [0.25, 0.3) is 0 Å². The van der Waals surface area contributed by atoms with E-state index in [1.165, 1.54) is 0 Å². The van der Waals surface area contributed by atoms with E-state index in [0.717, 1.165) is 18.5 Å². The smallest absolute Gasteiger partial charge is 0.415 e. The monoisotopic (exact) mass is 249 g/mol. The van der Waals surface area contributed by atoms with Crippen LogP contribution in [0.1, 0.15) is 33.6 Å². The van der Waals surface area contributed by atoms with Crippen LogP contribution in [-0.4, -0.2) is 22.8 Å². The number of aromatic hydroxyl groups is 1. The molecule has 4 heteroatoms. The number of amides is 1. The Morgan fingerprint density at radius 2 is 1.83 bits per heavy atom. The van der Waals surface area contributed by atoms with Crippen LogP contribution in [0.2, 0.25) is 0 Å². The van der Waals surface area contributed by atoms with E-state index in [9.17, 15) is 9.90 Å². The molecule has 0 heterocycles. The predicted octanol–water partition coefficient (Wildman–Crippen LogP) is 3.30. The van der Waals surface area contributed by atoms with Gasteiger partial charge < -0.3 is 9.84 Å². The van der Waals surface area contributed by atoms with E-state index >= 15 is 0 Å². The number of rotatable bonds is 2. The van der Waals surface area contributed by atoms with Gasteiger partial charge in [0.1, 0.15) is 11.4 Å². The molecule has 0 aliphatic heterocycles. The van der Waals surface area contributed by atoms with Crippen LogP contribution in [0.4, 0.5) is 10.5 Å². The Labute approximate surface area is 107 Å². The van der Waals surface area contributed by atoms with Gasteiger partial charge in [-0.15, -0.1) is 0 Å². The second kappa shape index (κ2) is 4.52. The van der Waals surface area contributed by atoms with Crippen LogP contribution >= 0.6 is 0 Å². The van der Waals surface area contributed by atoms with Crippen molar-refractivity contribution in [1.29, 1.82) is 0 Å². The zero-order valence-corrected chi connectivity index (χ0v) is 11.0. The molecule has 0 bridgehead atoms. The average molecular weight is 249 g/mol. The number of anilines is 1. The van der Waals surface area contributed by atoms with Gasteiger partial charge in [-0.25, -0.2) is 4.79 Å². The summed E-state index contributed by atoms with van der Waals surface area (Å²) in [6.07, 6.45) is 1.68. The summed E-state index contributed by atoms with van der Waals surface area (Å²) in [5, 5.41) is 9.28. The zero-order valence-electron chi connectivity index (χ0n) is 11.0. The van der Waals surface area contributed by atoms with E-state index in [1.807, 2.05) is 20.8 Å². The molecule has 1 N–H and O–H groups in total. The molecule has 1 aromatic rings. The fourth-order valence-corrected chi connectivity index (χ4v) is 1.72. The van der Waals surface area contributed by atoms with Gasteiger partial charge in [-0.05, 0) is 57.9 Å². The van der Waals surface area contributed by atoms with Gasteiger partial charge in [0, 0.05) is 11.7 Å². The number of nitrogens with zero attached hydrogens (tertiary/aromatic N) is 1. The number of hydrogen-bond acceptors (Lipinski definition) is 3. The van der Waals surface area contributed by atoms with Gasteiger partial charge in [0.2, 0.25) is 0 Å². The summed E-state index contributed by atoms with van der Waals surface area (Å²) in [6.45, 7) is 5.56. The lowest BCUT2D eigenvalue weighted by molar-refractivity contribution is 0.0578. The van der Waals surface area contributed by atoms with E-state index in [1.54, 1.807) is 29.2 Å². The first-order chi connectivity index (χ1) is 8.37. The molecular formula is C14H19NO3. The summed E-state index contributed by atoms with van der Waals surface area (Å²) in [7, 11) is 0. The third-order valence-corrected chi connectivity index (χ3v) is 2.63. The van der Waals surface area contributed by atoms with Crippen molar-refractivity contribution >= 4 is 11.8 Å². The Kier molecular flexibility index (Phi) is 3.20. The molecule has 0 unspecified atom stereocenters. The average Bonchev–Trinajstić information content (AvgIpc) is 3.03. The topological polar surface area (TPSA) is 49.8 Å². The van der Waals surface area contributed by atoms with Gasteiger partial charge in [-0.3, -0.25) is 4.90 Å². The number of phenols is 1. The highest BCUT2D eigenvalue weighted by atomic mass is 16.6. The molecule has 98 valence electrons. The third-order valence-electron chi connectivity index (χ3n) is 2.63. The Morgan fingerprint density at radius 1 is 1.28 bits per heavy atom. The van der Waals surface area contributed by atoms with Crippen LogP contribution < -0.4 is 4.90 Å². The summed E-state index contributed by atoms with van der Waals surface area (Å²) >= 11 is 0. The van der Waals surface area contributed by atoms with E-state index in [2.05, 4.69) is 0 Å². The molecule has 0 radical (unpaired) electrons. The SMILES string of the molecule is CC(C)(C)OC(=O)N(c1ccc(O)cc1)C1CC1. The Morgan fingerprint density at radius 3 is 2.28 bits per heavy atom. The number of carbonyl (C=O) groups excluding carboxylic acids is 1. The predicted molar refractivity (Wildman–Crippen MR) is 69.8 cm³/mol. The summed E-state index contributed by atoms with van der Waals surface area (Å²) < 4.78 is 5.41. The van der Waals surface area contributed by atoms with Crippen molar-refractivity contribution in [3.05, 3.63) is 24.3 Å². The normalized spacial score (nSPS) is 15.3. The van der Waals surface area contributed by atoms with E-state index in [4.69, 9.17) is 4.74 Å². The number of hydrogen-bond donors (Lipinski definition) is 1. The summed E-state index contributed by atoms with van der Waals surface area (Å²) in [4.78, 5) is 13.8. The van der Waals surface area contributed by atoms with Crippen molar-refractivity contribution in [3.8, 4) is 5.75 Å². The van der Waals surface area contributed by atoms with Crippen LogP contribution in [0.5, 0.6) is 5.75 Å². The molecule has 0 saturated heterocycles. The largest absolute Gasteiger partial charge is 0.508 e. The van der Waals surface area contributed by atoms with E-state index < -0.39 is 5.60 Å². The van der Waals surface area contributed by atoms with Crippen LogP contribution in [0.3, 0.4) is 0 Å². The van der Waals surface area contributed by atoms with Crippen molar-refractivity contribution in [2.24, 2.45) is 0 Å². The molecule has 1 aromatic carbocycles. The summed E-state index contributed by atoms with van der Waals surface area (Å²) in [5.74, 6) is 0.193. The number of phenolic OH excluding ortho intramolecular Hbond substituents is 1. The molecular weight excluding hydrogens is 230 g/mol. The highest BCUT2D eigenvalue weighted by molar-refractivity contribution is 5.89. The Bertz CT molecular complexity index is 429. The highest BCUT2D eigenvalue weighted by Gasteiger charge is 2.36. The number of ether oxygens (including phenoxy) is 1. The molecule has 0 atom stereocenters. The molecule has 18 heavy (non-hydrogen) atoms. The van der Waals surface area contributed by atoms with Crippen molar-refractivity contribution in [2.45, 2.75) is 45.3 Å². The Hall–Kier alpha value is -1.71. The fourth-order valence-electron chi connectivity index (χ4n) is 1.72. The first-order valence-electron chi connectivity index (χ1n) is 6.18. The lowest BCUT2D eigenvalue weighted by atomic mass is 10.2. The van der Waals surface area contributed by atoms with Crippen LogP contribution in [0.15, 0.2) is 24.3 Å². The lowest BCUT2D eigenvalue weighted by Crippen LogP contribution is -2.38. The maximum atomic E-state index is 12.2. The standard InChI is InChI=1S/C14H19NO3/c1-14(2,3)18-13(17)15(10-4-5-10)11-6-8-12(16)9-7-11/h6-10,16H,4-5H2,1-3H3. The molecule has 2 rings (SSSR count). The first-order valence-corrected chi connectivity index (χ1v) is 6.18. The summed E-state index contributed by atoms with van der Waals surface area (Å²) in [6, 6.07) is 6.85. The molecule has 0 spiro atoms. The maximum Gasteiger partial charge on any atom is 0.415 e. The molecule has 1 fully saturated rings. The van der Waals surface area contributed by atoms with Crippen molar-refractivity contribution in [2.75, 3.05) is 4.90 Å². The second-order valence-electron chi connectivity index (χ2n) is 5.60. The minimum absolute atomic E-state index is 0.193. The van der Waals surface area contributed by atoms with Crippen molar-refractivity contribution in [3.63, 3.8) is 0 Å².